The number of anilines is 1. The lowest BCUT2D eigenvalue weighted by molar-refractivity contribution is 0.0786. The summed E-state index contributed by atoms with van der Waals surface area (Å²) in [7, 11) is 1.73. The van der Waals surface area contributed by atoms with E-state index in [0.717, 1.165) is 5.56 Å². The van der Waals surface area contributed by atoms with Crippen molar-refractivity contribution in [1.29, 1.82) is 0 Å². The SMILES string of the molecule is Cc1ccc(CN(C)C(=O)c2cc(Cl)ncc2N)cc1. The number of hydrogen-bond acceptors (Lipinski definition) is 3. The van der Waals surface area contributed by atoms with Crippen LogP contribution in [0, 0.1) is 6.92 Å². The summed E-state index contributed by atoms with van der Waals surface area (Å²) in [6, 6.07) is 9.53. The first-order valence-electron chi connectivity index (χ1n) is 6.19. The van der Waals surface area contributed by atoms with Gasteiger partial charge in [0.2, 0.25) is 0 Å². The topological polar surface area (TPSA) is 59.2 Å². The number of rotatable bonds is 3. The highest BCUT2D eigenvalue weighted by Gasteiger charge is 2.15. The van der Waals surface area contributed by atoms with Gasteiger partial charge < -0.3 is 10.6 Å². The van der Waals surface area contributed by atoms with Gasteiger partial charge in [-0.3, -0.25) is 4.79 Å². The highest BCUT2D eigenvalue weighted by molar-refractivity contribution is 6.29. The number of carbonyl (C=O) groups is 1. The first-order valence-corrected chi connectivity index (χ1v) is 6.57. The van der Waals surface area contributed by atoms with Crippen molar-refractivity contribution < 1.29 is 4.79 Å². The molecule has 5 heteroatoms. The van der Waals surface area contributed by atoms with Crippen molar-refractivity contribution >= 4 is 23.2 Å². The fourth-order valence-electron chi connectivity index (χ4n) is 1.87. The van der Waals surface area contributed by atoms with Crippen LogP contribution in [0.5, 0.6) is 0 Å². The second-order valence-electron chi connectivity index (χ2n) is 4.74. The van der Waals surface area contributed by atoms with E-state index in [1.807, 2.05) is 31.2 Å². The maximum absolute atomic E-state index is 12.3. The van der Waals surface area contributed by atoms with Crippen LogP contribution < -0.4 is 5.73 Å². The minimum absolute atomic E-state index is 0.174. The molecule has 1 aromatic carbocycles. The average Bonchev–Trinajstić information content (AvgIpc) is 2.43. The van der Waals surface area contributed by atoms with Crippen molar-refractivity contribution in [2.75, 3.05) is 12.8 Å². The Morgan fingerprint density at radius 2 is 2.00 bits per heavy atom. The van der Waals surface area contributed by atoms with Crippen LogP contribution in [-0.4, -0.2) is 22.8 Å². The Kier molecular flexibility index (Phi) is 4.25. The summed E-state index contributed by atoms with van der Waals surface area (Å²) in [6.45, 7) is 2.54. The fraction of sp³-hybridized carbons (Fsp3) is 0.200. The molecule has 2 aromatic rings. The smallest absolute Gasteiger partial charge is 0.256 e. The molecule has 0 radical (unpaired) electrons. The van der Waals surface area contributed by atoms with Crippen LogP contribution >= 0.6 is 11.6 Å². The Morgan fingerprint density at radius 3 is 2.65 bits per heavy atom. The monoisotopic (exact) mass is 289 g/mol. The second kappa shape index (κ2) is 5.92. The van der Waals surface area contributed by atoms with E-state index < -0.39 is 0 Å². The standard InChI is InChI=1S/C15H16ClN3O/c1-10-3-5-11(6-4-10)9-19(2)15(20)12-7-14(16)18-8-13(12)17/h3-8H,9,17H2,1-2H3. The Labute approximate surface area is 123 Å². The highest BCUT2D eigenvalue weighted by Crippen LogP contribution is 2.17. The molecule has 2 rings (SSSR count). The zero-order chi connectivity index (χ0) is 14.7. The van der Waals surface area contributed by atoms with Crippen LogP contribution in [-0.2, 0) is 6.54 Å². The lowest BCUT2D eigenvalue weighted by atomic mass is 10.1. The van der Waals surface area contributed by atoms with Gasteiger partial charge in [-0.05, 0) is 18.6 Å². The first-order chi connectivity index (χ1) is 9.47. The molecule has 0 aliphatic carbocycles. The van der Waals surface area contributed by atoms with Gasteiger partial charge in [0.1, 0.15) is 5.15 Å². The Morgan fingerprint density at radius 1 is 1.35 bits per heavy atom. The molecule has 0 fully saturated rings. The van der Waals surface area contributed by atoms with E-state index in [1.54, 1.807) is 11.9 Å². The number of benzene rings is 1. The molecule has 0 unspecified atom stereocenters. The zero-order valence-electron chi connectivity index (χ0n) is 11.4. The van der Waals surface area contributed by atoms with Gasteiger partial charge >= 0.3 is 0 Å². The summed E-state index contributed by atoms with van der Waals surface area (Å²) in [6.07, 6.45) is 1.40. The van der Waals surface area contributed by atoms with E-state index in [2.05, 4.69) is 4.98 Å². The van der Waals surface area contributed by atoms with E-state index in [-0.39, 0.29) is 11.1 Å². The van der Waals surface area contributed by atoms with Crippen molar-refractivity contribution in [3.8, 4) is 0 Å². The molecule has 1 aromatic heterocycles. The van der Waals surface area contributed by atoms with E-state index in [0.29, 0.717) is 17.8 Å². The lowest BCUT2D eigenvalue weighted by Gasteiger charge is -2.18. The minimum Gasteiger partial charge on any atom is -0.397 e. The van der Waals surface area contributed by atoms with Crippen LogP contribution in [0.25, 0.3) is 0 Å². The van der Waals surface area contributed by atoms with Crippen molar-refractivity contribution in [2.24, 2.45) is 0 Å². The lowest BCUT2D eigenvalue weighted by Crippen LogP contribution is -2.27. The molecule has 0 saturated heterocycles. The third kappa shape index (κ3) is 3.27. The normalized spacial score (nSPS) is 10.3. The Balaban J connectivity index is 2.16. The number of aromatic nitrogens is 1. The predicted octanol–water partition coefficient (Wildman–Crippen LogP) is 2.90. The van der Waals surface area contributed by atoms with Crippen LogP contribution in [0.3, 0.4) is 0 Å². The van der Waals surface area contributed by atoms with Crippen LogP contribution in [0.4, 0.5) is 5.69 Å². The maximum atomic E-state index is 12.3. The van der Waals surface area contributed by atoms with Gasteiger partial charge in [-0.25, -0.2) is 4.98 Å². The third-order valence-corrected chi connectivity index (χ3v) is 3.23. The number of nitrogen functional groups attached to an aromatic ring is 1. The molecule has 0 spiro atoms. The molecule has 104 valence electrons. The summed E-state index contributed by atoms with van der Waals surface area (Å²) < 4.78 is 0. The molecule has 4 nitrogen and oxygen atoms in total. The van der Waals surface area contributed by atoms with Gasteiger partial charge in [0.05, 0.1) is 17.4 Å². The van der Waals surface area contributed by atoms with E-state index in [1.165, 1.54) is 17.8 Å². The summed E-state index contributed by atoms with van der Waals surface area (Å²) in [4.78, 5) is 17.8. The second-order valence-corrected chi connectivity index (χ2v) is 5.13. The number of carbonyl (C=O) groups excluding carboxylic acids is 1. The van der Waals surface area contributed by atoms with Crippen molar-refractivity contribution in [1.82, 2.24) is 9.88 Å². The molecule has 20 heavy (non-hydrogen) atoms. The van der Waals surface area contributed by atoms with Gasteiger partial charge in [0.15, 0.2) is 0 Å². The molecule has 0 aliphatic heterocycles. The number of amides is 1. The van der Waals surface area contributed by atoms with Crippen molar-refractivity contribution in [2.45, 2.75) is 13.5 Å². The van der Waals surface area contributed by atoms with E-state index in [4.69, 9.17) is 17.3 Å². The highest BCUT2D eigenvalue weighted by atomic mass is 35.5. The van der Waals surface area contributed by atoms with E-state index in [9.17, 15) is 4.79 Å². The molecule has 0 saturated carbocycles. The third-order valence-electron chi connectivity index (χ3n) is 3.02. The number of aryl methyl sites for hydroxylation is 1. The molecule has 0 aliphatic rings. The number of nitrogens with two attached hydrogens (primary N) is 1. The summed E-state index contributed by atoms with van der Waals surface area (Å²) in [5, 5.41) is 0.256. The molecule has 0 atom stereocenters. The Hall–Kier alpha value is -2.07. The van der Waals surface area contributed by atoms with Gasteiger partial charge in [-0.2, -0.15) is 0 Å². The van der Waals surface area contributed by atoms with Gasteiger partial charge in [-0.1, -0.05) is 41.4 Å². The number of nitrogens with zero attached hydrogens (tertiary/aromatic N) is 2. The summed E-state index contributed by atoms with van der Waals surface area (Å²) >= 11 is 5.81. The zero-order valence-corrected chi connectivity index (χ0v) is 12.2. The van der Waals surface area contributed by atoms with Crippen molar-refractivity contribution in [3.63, 3.8) is 0 Å². The van der Waals surface area contributed by atoms with Gasteiger partial charge in [-0.15, -0.1) is 0 Å². The average molecular weight is 290 g/mol. The van der Waals surface area contributed by atoms with Gasteiger partial charge in [0, 0.05) is 13.6 Å². The molecule has 0 bridgehead atoms. The van der Waals surface area contributed by atoms with Crippen molar-refractivity contribution in [3.05, 3.63) is 58.4 Å². The molecule has 2 N–H and O–H groups in total. The maximum Gasteiger partial charge on any atom is 0.256 e. The van der Waals surface area contributed by atoms with E-state index >= 15 is 0 Å². The molecular formula is C15H16ClN3O. The molecule has 1 amide bonds. The number of halogens is 1. The van der Waals surface area contributed by atoms with Crippen LogP contribution in [0.2, 0.25) is 5.15 Å². The predicted molar refractivity (Wildman–Crippen MR) is 80.6 cm³/mol. The number of pyridine rings is 1. The molecular weight excluding hydrogens is 274 g/mol. The minimum atomic E-state index is -0.174. The first kappa shape index (κ1) is 14.3. The van der Waals surface area contributed by atoms with Crippen LogP contribution in [0.1, 0.15) is 21.5 Å². The quantitative estimate of drug-likeness (QED) is 0.884. The Bertz CT molecular complexity index is 626. The van der Waals surface area contributed by atoms with Gasteiger partial charge in [0.25, 0.3) is 5.91 Å². The van der Waals surface area contributed by atoms with Crippen LogP contribution in [0.15, 0.2) is 36.5 Å². The largest absolute Gasteiger partial charge is 0.397 e. The number of hydrogen-bond donors (Lipinski definition) is 1. The fourth-order valence-corrected chi connectivity index (χ4v) is 2.03. The molecule has 1 heterocycles. The summed E-state index contributed by atoms with van der Waals surface area (Å²) in [5.74, 6) is -0.174. The summed E-state index contributed by atoms with van der Waals surface area (Å²) in [5.41, 5.74) is 8.72.